The molecule has 10 nitrogen and oxygen atoms in total. The Balaban J connectivity index is 1.63. The van der Waals surface area contributed by atoms with Crippen LogP contribution >= 0.6 is 11.3 Å². The number of sulfone groups is 1. The van der Waals surface area contributed by atoms with Crippen molar-refractivity contribution in [3.63, 3.8) is 0 Å². The molecule has 2 heterocycles. The van der Waals surface area contributed by atoms with Gasteiger partial charge >= 0.3 is 5.91 Å². The van der Waals surface area contributed by atoms with E-state index in [0.717, 1.165) is 46.5 Å². The largest absolute Gasteiger partial charge is 0.507 e. The minimum absolute atomic E-state index is 0.0598. The average Bonchev–Trinajstić information content (AvgIpc) is 3.56. The molecule has 1 unspecified atom stereocenters. The fourth-order valence-corrected chi connectivity index (χ4v) is 7.27. The molecule has 1 amide bonds. The van der Waals surface area contributed by atoms with Crippen molar-refractivity contribution in [2.24, 2.45) is 0 Å². The van der Waals surface area contributed by atoms with Crippen LogP contribution < -0.4 is 4.90 Å². The van der Waals surface area contributed by atoms with Crippen molar-refractivity contribution in [2.75, 3.05) is 4.90 Å². The molecule has 0 saturated carbocycles. The van der Waals surface area contributed by atoms with Gasteiger partial charge in [0.25, 0.3) is 11.5 Å². The van der Waals surface area contributed by atoms with Gasteiger partial charge in [-0.15, -0.1) is 0 Å². The fraction of sp³-hybridized carbons (Fsp3) is 0.194. The molecule has 1 fully saturated rings. The first-order valence-electron chi connectivity index (χ1n) is 13.1. The standard InChI is InChI=1S/C31H27N3O7S2/c1-18-5-7-20(8-6-18)27(35)25-26(19-9-11-21(12-10-19)31(2,3)4)33(29(37)28(25)36)30-32-17-24(42-30)43(40,41)23-15-13-22(14-16-23)34(38)39/h5-17,26,35H,1-4H3/b27-25+. The normalized spacial score (nSPS) is 16.9. The van der Waals surface area contributed by atoms with E-state index in [0.29, 0.717) is 22.5 Å². The molecule has 1 aromatic heterocycles. The summed E-state index contributed by atoms with van der Waals surface area (Å²) in [5, 5.41) is 22.3. The Bertz CT molecular complexity index is 1890. The number of rotatable bonds is 6. The van der Waals surface area contributed by atoms with E-state index >= 15 is 0 Å². The molecule has 43 heavy (non-hydrogen) atoms. The van der Waals surface area contributed by atoms with E-state index in [1.54, 1.807) is 36.4 Å². The Labute approximate surface area is 252 Å². The molecule has 0 bridgehead atoms. The van der Waals surface area contributed by atoms with Crippen LogP contribution in [0.15, 0.2) is 93.7 Å². The first-order valence-corrected chi connectivity index (χ1v) is 15.4. The molecule has 1 aliphatic heterocycles. The summed E-state index contributed by atoms with van der Waals surface area (Å²) in [5.74, 6) is -2.26. The van der Waals surface area contributed by atoms with Crippen LogP contribution in [-0.2, 0) is 24.8 Å². The molecule has 0 spiro atoms. The highest BCUT2D eigenvalue weighted by molar-refractivity contribution is 7.93. The molecule has 220 valence electrons. The molecular formula is C31H27N3O7S2. The number of aliphatic hydroxyl groups excluding tert-OH is 1. The van der Waals surface area contributed by atoms with Crippen molar-refractivity contribution in [3.8, 4) is 0 Å². The van der Waals surface area contributed by atoms with Gasteiger partial charge in [0.2, 0.25) is 9.84 Å². The van der Waals surface area contributed by atoms with Crippen LogP contribution in [0.5, 0.6) is 0 Å². The number of nitrogens with zero attached hydrogens (tertiary/aromatic N) is 3. The Morgan fingerprint density at radius 3 is 2.14 bits per heavy atom. The summed E-state index contributed by atoms with van der Waals surface area (Å²) in [5.41, 5.74) is 2.24. The topological polar surface area (TPSA) is 148 Å². The van der Waals surface area contributed by atoms with Gasteiger partial charge in [0, 0.05) is 17.7 Å². The molecular weight excluding hydrogens is 590 g/mol. The third-order valence-electron chi connectivity index (χ3n) is 7.16. The molecule has 5 rings (SSSR count). The summed E-state index contributed by atoms with van der Waals surface area (Å²) < 4.78 is 26.5. The van der Waals surface area contributed by atoms with E-state index in [1.807, 2.05) is 39.8 Å². The van der Waals surface area contributed by atoms with Crippen molar-refractivity contribution in [1.29, 1.82) is 0 Å². The summed E-state index contributed by atoms with van der Waals surface area (Å²) in [6.45, 7) is 8.03. The number of aryl methyl sites for hydroxylation is 1. The monoisotopic (exact) mass is 617 g/mol. The maximum atomic E-state index is 13.5. The SMILES string of the molecule is Cc1ccc(/C(O)=C2\C(=O)C(=O)N(c3ncc(S(=O)(=O)c4ccc([N+](=O)[O-])cc4)s3)C2c2ccc(C(C)(C)C)cc2)cc1. The average molecular weight is 618 g/mol. The second-order valence-corrected chi connectivity index (χ2v) is 14.3. The zero-order chi connectivity index (χ0) is 31.3. The lowest BCUT2D eigenvalue weighted by atomic mass is 9.85. The van der Waals surface area contributed by atoms with E-state index < -0.39 is 32.5 Å². The van der Waals surface area contributed by atoms with Gasteiger partial charge in [0.05, 0.1) is 27.6 Å². The fourth-order valence-electron chi connectivity index (χ4n) is 4.73. The Hall–Kier alpha value is -4.68. The van der Waals surface area contributed by atoms with E-state index in [4.69, 9.17) is 0 Å². The van der Waals surface area contributed by atoms with Gasteiger partial charge in [-0.25, -0.2) is 13.4 Å². The third kappa shape index (κ3) is 5.46. The number of benzene rings is 3. The predicted molar refractivity (Wildman–Crippen MR) is 162 cm³/mol. The number of aromatic nitrogens is 1. The summed E-state index contributed by atoms with van der Waals surface area (Å²) >= 11 is 0.681. The summed E-state index contributed by atoms with van der Waals surface area (Å²) in [6, 6.07) is 17.5. The number of aliphatic hydroxyl groups is 1. The number of ketones is 1. The number of amides is 1. The van der Waals surface area contributed by atoms with Crippen molar-refractivity contribution in [3.05, 3.63) is 117 Å². The molecule has 12 heteroatoms. The second kappa shape index (κ2) is 10.9. The van der Waals surface area contributed by atoms with Crippen LogP contribution in [0, 0.1) is 17.0 Å². The van der Waals surface area contributed by atoms with E-state index in [9.17, 15) is 33.2 Å². The quantitative estimate of drug-likeness (QED) is 0.0895. The van der Waals surface area contributed by atoms with Crippen LogP contribution in [0.1, 0.15) is 49.1 Å². The van der Waals surface area contributed by atoms with Gasteiger partial charge in [-0.05, 0) is 35.6 Å². The number of nitro groups is 1. The summed E-state index contributed by atoms with van der Waals surface area (Å²) in [4.78, 5) is 42.5. The number of non-ortho nitro benzene ring substituents is 1. The van der Waals surface area contributed by atoms with E-state index in [1.165, 1.54) is 0 Å². The lowest BCUT2D eigenvalue weighted by Gasteiger charge is -2.24. The zero-order valence-corrected chi connectivity index (χ0v) is 25.3. The minimum Gasteiger partial charge on any atom is -0.507 e. The highest BCUT2D eigenvalue weighted by Crippen LogP contribution is 2.44. The maximum absolute atomic E-state index is 13.5. The van der Waals surface area contributed by atoms with Crippen molar-refractivity contribution in [2.45, 2.75) is 48.3 Å². The lowest BCUT2D eigenvalue weighted by Crippen LogP contribution is -2.29. The van der Waals surface area contributed by atoms with Crippen LogP contribution in [0.4, 0.5) is 10.8 Å². The number of nitro benzene ring substituents is 1. The minimum atomic E-state index is -4.15. The summed E-state index contributed by atoms with van der Waals surface area (Å²) in [6.07, 6.45) is 1.08. The van der Waals surface area contributed by atoms with Crippen molar-refractivity contribution >= 4 is 49.4 Å². The second-order valence-electron chi connectivity index (χ2n) is 11.1. The van der Waals surface area contributed by atoms with Crippen LogP contribution in [-0.4, -0.2) is 35.1 Å². The molecule has 1 saturated heterocycles. The number of thiazole rings is 1. The van der Waals surface area contributed by atoms with Gasteiger partial charge in [-0.3, -0.25) is 24.6 Å². The van der Waals surface area contributed by atoms with Crippen molar-refractivity contribution in [1.82, 2.24) is 4.98 Å². The molecule has 0 radical (unpaired) electrons. The Kier molecular flexibility index (Phi) is 7.53. The first kappa shape index (κ1) is 29.8. The first-order chi connectivity index (χ1) is 20.2. The zero-order valence-electron chi connectivity index (χ0n) is 23.6. The highest BCUT2D eigenvalue weighted by Gasteiger charge is 2.48. The van der Waals surface area contributed by atoms with E-state index in [2.05, 4.69) is 4.98 Å². The predicted octanol–water partition coefficient (Wildman–Crippen LogP) is 6.12. The number of hydrogen-bond acceptors (Lipinski definition) is 9. The van der Waals surface area contributed by atoms with Crippen molar-refractivity contribution < 1.29 is 28.0 Å². The molecule has 1 atom stereocenters. The van der Waals surface area contributed by atoms with Gasteiger partial charge in [-0.1, -0.05) is 86.2 Å². The van der Waals surface area contributed by atoms with E-state index in [-0.39, 0.29) is 36.7 Å². The highest BCUT2D eigenvalue weighted by atomic mass is 32.2. The van der Waals surface area contributed by atoms with Gasteiger partial charge in [0.1, 0.15) is 9.97 Å². The number of hydrogen-bond donors (Lipinski definition) is 1. The number of Topliss-reactive ketones (excluding diaryl/α,β-unsaturated/α-hetero) is 1. The molecule has 3 aromatic carbocycles. The van der Waals surface area contributed by atoms with Crippen LogP contribution in [0.25, 0.3) is 5.76 Å². The Morgan fingerprint density at radius 1 is 0.977 bits per heavy atom. The lowest BCUT2D eigenvalue weighted by molar-refractivity contribution is -0.384. The molecule has 1 N–H and O–H groups in total. The number of carbonyl (C=O) groups excluding carboxylic acids is 2. The number of anilines is 1. The smallest absolute Gasteiger partial charge is 0.301 e. The number of carbonyl (C=O) groups is 2. The molecule has 4 aromatic rings. The third-order valence-corrected chi connectivity index (χ3v) is 10.4. The van der Waals surface area contributed by atoms with Gasteiger partial charge in [0.15, 0.2) is 5.13 Å². The summed E-state index contributed by atoms with van der Waals surface area (Å²) in [7, 11) is -4.15. The van der Waals surface area contributed by atoms with Gasteiger partial charge in [-0.2, -0.15) is 0 Å². The Morgan fingerprint density at radius 2 is 1.58 bits per heavy atom. The molecule has 1 aliphatic rings. The van der Waals surface area contributed by atoms with Gasteiger partial charge < -0.3 is 5.11 Å². The van der Waals surface area contributed by atoms with Crippen LogP contribution in [0.3, 0.4) is 0 Å². The van der Waals surface area contributed by atoms with Crippen LogP contribution in [0.2, 0.25) is 0 Å². The molecule has 0 aliphatic carbocycles. The maximum Gasteiger partial charge on any atom is 0.301 e.